The van der Waals surface area contributed by atoms with Crippen molar-refractivity contribution in [3.8, 4) is 0 Å². The van der Waals surface area contributed by atoms with Gasteiger partial charge < -0.3 is 88.6 Å². The number of hydrogen-bond acceptors (Lipinski definition) is 12. The summed E-state index contributed by atoms with van der Waals surface area (Å²) < 4.78 is 0. The van der Waals surface area contributed by atoms with E-state index in [0.29, 0.717) is 6.42 Å². The third-order valence-electron chi connectivity index (χ3n) is 9.95. The molecule has 1 rings (SSSR count). The summed E-state index contributed by atoms with van der Waals surface area (Å²) in [5.74, 6) is -4.95. The molecular formula is C42H77N19O7. The second-order valence-corrected chi connectivity index (χ2v) is 16.6. The Morgan fingerprint density at radius 3 is 1.10 bits per heavy atom. The van der Waals surface area contributed by atoms with Gasteiger partial charge in [-0.2, -0.15) is 0 Å². The van der Waals surface area contributed by atoms with E-state index in [9.17, 15) is 33.9 Å². The molecule has 0 unspecified atom stereocenters. The molecule has 0 aliphatic rings. The normalized spacial score (nSPS) is 13.9. The molecule has 7 atom stereocenters. The Morgan fingerprint density at radius 2 is 0.794 bits per heavy atom. The molecule has 0 radical (unpaired) electrons. The molecule has 0 fully saturated rings. The van der Waals surface area contributed by atoms with Crippen LogP contribution in [-0.4, -0.2) is 139 Å². The third kappa shape index (κ3) is 26.3. The fourth-order valence-electron chi connectivity index (χ4n) is 6.52. The van der Waals surface area contributed by atoms with Gasteiger partial charge in [-0.1, -0.05) is 44.2 Å². The number of carbonyl (C=O) groups excluding carboxylic acids is 6. The number of carbonyl (C=O) groups is 6. The van der Waals surface area contributed by atoms with Crippen LogP contribution in [0.25, 0.3) is 0 Å². The molecule has 0 heterocycles. The minimum atomic E-state index is -1.35. The smallest absolute Gasteiger partial charge is 0.243 e. The molecule has 25 N–H and O–H groups in total. The number of nitrogens with two attached hydrogens (primary N) is 9. The Kier molecular flexibility index (Phi) is 28.4. The lowest BCUT2D eigenvalue weighted by molar-refractivity contribution is -0.135. The minimum Gasteiger partial charge on any atom is -0.394 e. The number of nitrogens with zero attached hydrogens (tertiary/aromatic N) is 4. The van der Waals surface area contributed by atoms with Crippen LogP contribution in [0.15, 0.2) is 50.3 Å². The number of nitrogens with one attached hydrogen (secondary N) is 6. The summed E-state index contributed by atoms with van der Waals surface area (Å²) >= 11 is 0. The van der Waals surface area contributed by atoms with Crippen LogP contribution >= 0.6 is 0 Å². The van der Waals surface area contributed by atoms with Gasteiger partial charge in [0.2, 0.25) is 35.4 Å². The molecule has 382 valence electrons. The predicted molar refractivity (Wildman–Crippen MR) is 262 cm³/mol. The monoisotopic (exact) mass is 960 g/mol. The highest BCUT2D eigenvalue weighted by atomic mass is 16.3. The van der Waals surface area contributed by atoms with E-state index in [1.54, 1.807) is 37.3 Å². The van der Waals surface area contributed by atoms with Gasteiger partial charge in [0.05, 0.1) is 12.6 Å². The van der Waals surface area contributed by atoms with Crippen molar-refractivity contribution in [1.29, 1.82) is 0 Å². The lowest BCUT2D eigenvalue weighted by Crippen LogP contribution is -2.60. The van der Waals surface area contributed by atoms with E-state index >= 15 is 0 Å². The number of hydrogen-bond donors (Lipinski definition) is 16. The van der Waals surface area contributed by atoms with Crippen molar-refractivity contribution in [2.75, 3.05) is 32.8 Å². The minimum absolute atomic E-state index is 0.0175. The van der Waals surface area contributed by atoms with Gasteiger partial charge in [0.25, 0.3) is 0 Å². The molecule has 0 aliphatic heterocycles. The topological polar surface area (TPSA) is 478 Å². The quantitative estimate of drug-likeness (QED) is 0.0178. The van der Waals surface area contributed by atoms with Crippen LogP contribution in [0.1, 0.15) is 84.1 Å². The summed E-state index contributed by atoms with van der Waals surface area (Å²) in [6.07, 6.45) is 1.17. The zero-order valence-corrected chi connectivity index (χ0v) is 39.5. The molecule has 0 saturated carbocycles. The number of aliphatic hydroxyl groups is 1. The molecule has 0 saturated heterocycles. The first-order valence-electron chi connectivity index (χ1n) is 22.6. The summed E-state index contributed by atoms with van der Waals surface area (Å²) in [6.45, 7) is 5.37. The van der Waals surface area contributed by atoms with Crippen LogP contribution in [0.2, 0.25) is 0 Å². The van der Waals surface area contributed by atoms with Crippen LogP contribution < -0.4 is 83.5 Å². The number of aliphatic hydroxyl groups excluding tert-OH is 1. The Morgan fingerprint density at radius 1 is 0.485 bits per heavy atom. The van der Waals surface area contributed by atoms with Gasteiger partial charge in [-0.05, 0) is 76.2 Å². The Balaban J connectivity index is 3.63. The lowest BCUT2D eigenvalue weighted by atomic mass is 10.0. The number of guanidine groups is 4. The summed E-state index contributed by atoms with van der Waals surface area (Å²) in [4.78, 5) is 99.1. The summed E-state index contributed by atoms with van der Waals surface area (Å²) in [5, 5.41) is 25.8. The molecule has 1 aromatic carbocycles. The van der Waals surface area contributed by atoms with Crippen molar-refractivity contribution >= 4 is 59.3 Å². The van der Waals surface area contributed by atoms with Gasteiger partial charge >= 0.3 is 0 Å². The van der Waals surface area contributed by atoms with Crippen molar-refractivity contribution < 1.29 is 33.9 Å². The first kappa shape index (κ1) is 59.1. The second-order valence-electron chi connectivity index (χ2n) is 16.6. The van der Waals surface area contributed by atoms with Crippen molar-refractivity contribution in [3.05, 3.63) is 35.9 Å². The van der Waals surface area contributed by atoms with Crippen molar-refractivity contribution in [1.82, 2.24) is 31.9 Å². The first-order chi connectivity index (χ1) is 32.1. The van der Waals surface area contributed by atoms with Crippen LogP contribution in [0.4, 0.5) is 0 Å². The summed E-state index contributed by atoms with van der Waals surface area (Å²) in [6, 6.07) is 1.05. The first-order valence-corrected chi connectivity index (χ1v) is 22.6. The molecule has 26 nitrogen and oxygen atoms in total. The Hall–Kier alpha value is -6.96. The maximum Gasteiger partial charge on any atom is 0.243 e. The third-order valence-corrected chi connectivity index (χ3v) is 9.95. The zero-order valence-electron chi connectivity index (χ0n) is 39.5. The van der Waals surface area contributed by atoms with E-state index in [1.807, 2.05) is 13.8 Å². The average molecular weight is 960 g/mol. The van der Waals surface area contributed by atoms with Gasteiger partial charge in [-0.3, -0.25) is 48.7 Å². The zero-order chi connectivity index (χ0) is 51.2. The highest BCUT2D eigenvalue weighted by molar-refractivity contribution is 5.96. The van der Waals surface area contributed by atoms with Gasteiger partial charge in [-0.25, -0.2) is 0 Å². The van der Waals surface area contributed by atoms with Crippen LogP contribution in [0.5, 0.6) is 0 Å². The molecule has 6 amide bonds. The van der Waals surface area contributed by atoms with Crippen LogP contribution in [0, 0.1) is 5.92 Å². The van der Waals surface area contributed by atoms with E-state index < -0.39 is 77.7 Å². The molecule has 0 bridgehead atoms. The number of amides is 6. The van der Waals surface area contributed by atoms with E-state index in [4.69, 9.17) is 51.6 Å². The Bertz CT molecular complexity index is 1850. The maximum atomic E-state index is 14.3. The van der Waals surface area contributed by atoms with Crippen LogP contribution in [-0.2, 0) is 35.2 Å². The summed E-state index contributed by atoms with van der Waals surface area (Å²) in [7, 11) is 0. The number of rotatable bonds is 33. The molecule has 0 aliphatic carbocycles. The molecule has 26 heteroatoms. The fourth-order valence-corrected chi connectivity index (χ4v) is 6.52. The molecular weight excluding hydrogens is 883 g/mol. The van der Waals surface area contributed by atoms with E-state index in [-0.39, 0.29) is 120 Å². The predicted octanol–water partition coefficient (Wildman–Crippen LogP) is -5.26. The van der Waals surface area contributed by atoms with Crippen LogP contribution in [0.3, 0.4) is 0 Å². The van der Waals surface area contributed by atoms with E-state index in [0.717, 1.165) is 5.56 Å². The van der Waals surface area contributed by atoms with Crippen molar-refractivity contribution in [3.63, 3.8) is 0 Å². The SMILES string of the molecule is CC(C)C[C@H](N)C(=O)N[C@@H](CCCN=C(N)N)C(=O)N[C@@H](CCCN=C(N)N)C(=O)N[C@@H](CCCN=C(N)N)C(=O)N[C@@H](CCCN=C(N)N)C(=O)N[C@@H](Cc1ccccc1)C(=O)N[C@@H](C)CO. The van der Waals surface area contributed by atoms with Gasteiger partial charge in [-0.15, -0.1) is 0 Å². The second kappa shape index (κ2) is 32.7. The maximum absolute atomic E-state index is 14.3. The Labute approximate surface area is 397 Å². The van der Waals surface area contributed by atoms with Gasteiger partial charge in [0.15, 0.2) is 23.8 Å². The molecule has 0 spiro atoms. The summed E-state index contributed by atoms with van der Waals surface area (Å²) in [5.41, 5.74) is 50.9. The largest absolute Gasteiger partial charge is 0.394 e. The van der Waals surface area contributed by atoms with Gasteiger partial charge in [0.1, 0.15) is 30.2 Å². The standard InChI is InChI=1S/C42H77N19O7/c1-24(2)21-27(43)33(63)57-28(13-7-17-52-39(44)45)34(64)58-29(14-8-18-53-40(46)47)35(65)59-30(15-9-19-54-41(48)49)36(66)60-31(16-10-20-55-42(50)51)37(67)61-32(38(68)56-25(3)23-62)22-26-11-5-4-6-12-26/h4-6,11-12,24-25,27-32,62H,7-10,13-23,43H2,1-3H3,(H,56,68)(H,57,63)(H,58,64)(H,59,65)(H,60,66)(H,61,67)(H4,44,45,52)(H4,46,47,53)(H4,48,49,54)(H4,50,51,55)/t25-,27-,28-,29-,30-,31-,32-/m0/s1. The average Bonchev–Trinajstić information content (AvgIpc) is 3.26. The molecule has 0 aromatic heterocycles. The lowest BCUT2D eigenvalue weighted by Gasteiger charge is -2.28. The molecule has 1 aromatic rings. The highest BCUT2D eigenvalue weighted by Gasteiger charge is 2.33. The highest BCUT2D eigenvalue weighted by Crippen LogP contribution is 2.11. The van der Waals surface area contributed by atoms with Gasteiger partial charge in [0, 0.05) is 38.6 Å². The van der Waals surface area contributed by atoms with E-state index in [1.165, 1.54) is 0 Å². The molecule has 68 heavy (non-hydrogen) atoms. The fraction of sp³-hybridized carbons (Fsp3) is 0.619. The van der Waals surface area contributed by atoms with Crippen molar-refractivity contribution in [2.45, 2.75) is 127 Å². The number of aliphatic imine (C=N–C) groups is 4. The number of benzene rings is 1. The van der Waals surface area contributed by atoms with Crippen molar-refractivity contribution in [2.24, 2.45) is 77.5 Å². The van der Waals surface area contributed by atoms with E-state index in [2.05, 4.69) is 51.9 Å².